The molecule has 3 amide bonds. The van der Waals surface area contributed by atoms with Gasteiger partial charge in [0.1, 0.15) is 5.75 Å². The summed E-state index contributed by atoms with van der Waals surface area (Å²) in [5.41, 5.74) is 2.26. The van der Waals surface area contributed by atoms with Crippen molar-refractivity contribution in [1.82, 2.24) is 19.6 Å². The lowest BCUT2D eigenvalue weighted by molar-refractivity contribution is -0.139. The monoisotopic (exact) mass is 540 g/mol. The number of hydrogen-bond acceptors (Lipinski definition) is 4. The summed E-state index contributed by atoms with van der Waals surface area (Å²) in [7, 11) is 5.32. The first-order valence-corrected chi connectivity index (χ1v) is 13.5. The SMILES string of the molecule is COc1ccc(CN2CCC3(CCN(C[C@H]4CN(C(=O)N(C)C)C[C@@H]4c4ccccc4)CC3)C2=O)cc1.Cl. The molecule has 0 bridgehead atoms. The van der Waals surface area contributed by atoms with Gasteiger partial charge in [-0.15, -0.1) is 12.4 Å². The molecule has 3 aliphatic heterocycles. The molecule has 2 aromatic carbocycles. The van der Waals surface area contributed by atoms with Gasteiger partial charge in [0, 0.05) is 52.7 Å². The van der Waals surface area contributed by atoms with E-state index in [0.29, 0.717) is 24.3 Å². The minimum Gasteiger partial charge on any atom is -0.497 e. The predicted octanol–water partition coefficient (Wildman–Crippen LogP) is 4.33. The number of halogens is 1. The molecule has 7 nitrogen and oxygen atoms in total. The van der Waals surface area contributed by atoms with E-state index in [4.69, 9.17) is 4.74 Å². The van der Waals surface area contributed by atoms with E-state index in [1.165, 1.54) is 5.56 Å². The van der Waals surface area contributed by atoms with Crippen LogP contribution in [0.3, 0.4) is 0 Å². The quantitative estimate of drug-likeness (QED) is 0.547. The van der Waals surface area contributed by atoms with E-state index in [-0.39, 0.29) is 23.9 Å². The highest BCUT2D eigenvalue weighted by molar-refractivity contribution is 5.85. The molecule has 206 valence electrons. The number of amides is 3. The third-order valence-electron chi connectivity index (χ3n) is 8.76. The number of hydrogen-bond donors (Lipinski definition) is 0. The van der Waals surface area contributed by atoms with Crippen LogP contribution in [-0.4, -0.2) is 92.0 Å². The number of carbonyl (C=O) groups is 2. The molecule has 0 unspecified atom stereocenters. The van der Waals surface area contributed by atoms with Crippen LogP contribution in [0.25, 0.3) is 0 Å². The fraction of sp³-hybridized carbons (Fsp3) is 0.533. The second kappa shape index (κ2) is 12.0. The molecule has 3 aliphatic rings. The molecule has 5 rings (SSSR count). The first-order valence-electron chi connectivity index (χ1n) is 13.5. The number of urea groups is 1. The zero-order valence-corrected chi connectivity index (χ0v) is 23.7. The molecular formula is C30H41ClN4O3. The van der Waals surface area contributed by atoms with Gasteiger partial charge in [-0.1, -0.05) is 42.5 Å². The molecule has 3 fully saturated rings. The van der Waals surface area contributed by atoms with Crippen LogP contribution in [0.2, 0.25) is 0 Å². The minimum atomic E-state index is -0.204. The van der Waals surface area contributed by atoms with E-state index in [0.717, 1.165) is 69.8 Å². The Labute approximate surface area is 233 Å². The van der Waals surface area contributed by atoms with Gasteiger partial charge in [-0.2, -0.15) is 0 Å². The Kier molecular flexibility index (Phi) is 8.89. The average molecular weight is 541 g/mol. The Morgan fingerprint density at radius 1 is 0.974 bits per heavy atom. The van der Waals surface area contributed by atoms with Crippen LogP contribution in [-0.2, 0) is 11.3 Å². The van der Waals surface area contributed by atoms with E-state index in [1.54, 1.807) is 12.0 Å². The fourth-order valence-electron chi connectivity index (χ4n) is 6.53. The van der Waals surface area contributed by atoms with Gasteiger partial charge in [-0.25, -0.2) is 4.79 Å². The number of likely N-dealkylation sites (tertiary alicyclic amines) is 3. The number of methoxy groups -OCH3 is 1. The van der Waals surface area contributed by atoms with Gasteiger partial charge in [0.2, 0.25) is 5.91 Å². The van der Waals surface area contributed by atoms with Gasteiger partial charge in [-0.05, 0) is 61.5 Å². The Morgan fingerprint density at radius 3 is 2.26 bits per heavy atom. The molecule has 0 saturated carbocycles. The predicted molar refractivity (Wildman–Crippen MR) is 152 cm³/mol. The Bertz CT molecular complexity index is 1090. The zero-order chi connectivity index (χ0) is 26.0. The summed E-state index contributed by atoms with van der Waals surface area (Å²) in [6, 6.07) is 18.7. The van der Waals surface area contributed by atoms with Crippen molar-refractivity contribution < 1.29 is 14.3 Å². The summed E-state index contributed by atoms with van der Waals surface area (Å²) >= 11 is 0. The molecule has 1 spiro atoms. The standard InChI is InChI=1S/C30H40N4O3.ClH/c1-31(2)29(36)34-21-25(27(22-34)24-7-5-4-6-8-24)20-32-16-13-30(14-17-32)15-18-33(28(30)35)19-23-9-11-26(37-3)12-10-23;/h4-12,25,27H,13-22H2,1-3H3;1H/t25-,27+;/m0./s1. The lowest BCUT2D eigenvalue weighted by Crippen LogP contribution is -2.46. The molecule has 2 aromatic rings. The number of benzene rings is 2. The lowest BCUT2D eigenvalue weighted by atomic mass is 9.76. The molecule has 38 heavy (non-hydrogen) atoms. The Morgan fingerprint density at radius 2 is 1.63 bits per heavy atom. The van der Waals surface area contributed by atoms with E-state index < -0.39 is 0 Å². The highest BCUT2D eigenvalue weighted by Gasteiger charge is 2.48. The first-order chi connectivity index (χ1) is 17.9. The van der Waals surface area contributed by atoms with E-state index in [9.17, 15) is 9.59 Å². The van der Waals surface area contributed by atoms with Crippen molar-refractivity contribution in [3.8, 4) is 5.75 Å². The van der Waals surface area contributed by atoms with Gasteiger partial charge >= 0.3 is 6.03 Å². The Balaban J connectivity index is 0.00000336. The second-order valence-corrected chi connectivity index (χ2v) is 11.3. The van der Waals surface area contributed by atoms with Crippen molar-refractivity contribution in [2.45, 2.75) is 31.7 Å². The number of carbonyl (C=O) groups excluding carboxylic acids is 2. The minimum absolute atomic E-state index is 0. The lowest BCUT2D eigenvalue weighted by Gasteiger charge is -2.39. The molecule has 3 saturated heterocycles. The van der Waals surface area contributed by atoms with E-state index >= 15 is 0 Å². The van der Waals surface area contributed by atoms with Crippen LogP contribution in [0, 0.1) is 11.3 Å². The number of rotatable bonds is 6. The van der Waals surface area contributed by atoms with Gasteiger partial charge in [0.05, 0.1) is 12.5 Å². The summed E-state index contributed by atoms with van der Waals surface area (Å²) in [6.07, 6.45) is 2.80. The van der Waals surface area contributed by atoms with Crippen LogP contribution in [0.1, 0.15) is 36.3 Å². The zero-order valence-electron chi connectivity index (χ0n) is 22.8. The number of nitrogens with zero attached hydrogens (tertiary/aromatic N) is 4. The van der Waals surface area contributed by atoms with Crippen molar-refractivity contribution in [2.24, 2.45) is 11.3 Å². The van der Waals surface area contributed by atoms with Crippen molar-refractivity contribution >= 4 is 24.3 Å². The van der Waals surface area contributed by atoms with Crippen molar-refractivity contribution in [2.75, 3.05) is 60.5 Å². The van der Waals surface area contributed by atoms with Crippen molar-refractivity contribution in [3.63, 3.8) is 0 Å². The molecule has 0 aromatic heterocycles. The van der Waals surface area contributed by atoms with Gasteiger partial charge in [0.15, 0.2) is 0 Å². The van der Waals surface area contributed by atoms with E-state index in [2.05, 4.69) is 47.4 Å². The number of ether oxygens (including phenoxy) is 1. The van der Waals surface area contributed by atoms with Crippen LogP contribution < -0.4 is 4.74 Å². The molecule has 0 aliphatic carbocycles. The van der Waals surface area contributed by atoms with Crippen LogP contribution in [0.5, 0.6) is 5.75 Å². The van der Waals surface area contributed by atoms with Crippen molar-refractivity contribution in [3.05, 3.63) is 65.7 Å². The van der Waals surface area contributed by atoms with Crippen LogP contribution in [0.15, 0.2) is 54.6 Å². The molecule has 2 atom stereocenters. The third-order valence-corrected chi connectivity index (χ3v) is 8.76. The highest BCUT2D eigenvalue weighted by atomic mass is 35.5. The summed E-state index contributed by atoms with van der Waals surface area (Å²) in [4.78, 5) is 34.5. The summed E-state index contributed by atoms with van der Waals surface area (Å²) in [5, 5.41) is 0. The third kappa shape index (κ3) is 5.79. The Hall–Kier alpha value is -2.77. The summed E-state index contributed by atoms with van der Waals surface area (Å²) in [6.45, 7) is 5.92. The topological polar surface area (TPSA) is 56.3 Å². The largest absolute Gasteiger partial charge is 0.497 e. The normalized spacial score (nSPS) is 23.0. The molecule has 8 heteroatoms. The molecule has 0 radical (unpaired) electrons. The summed E-state index contributed by atoms with van der Waals surface area (Å²) in [5.74, 6) is 1.90. The highest BCUT2D eigenvalue weighted by Crippen LogP contribution is 2.43. The second-order valence-electron chi connectivity index (χ2n) is 11.3. The average Bonchev–Trinajstić information content (AvgIpc) is 3.47. The maximum atomic E-state index is 13.5. The number of piperidine rings is 1. The molecule has 3 heterocycles. The molecule has 0 N–H and O–H groups in total. The fourth-order valence-corrected chi connectivity index (χ4v) is 6.53. The maximum Gasteiger partial charge on any atom is 0.319 e. The maximum absolute atomic E-state index is 13.5. The molecular weight excluding hydrogens is 500 g/mol. The van der Waals surface area contributed by atoms with Gasteiger partial charge < -0.3 is 24.3 Å². The van der Waals surface area contributed by atoms with Crippen LogP contribution in [0.4, 0.5) is 4.79 Å². The first kappa shape index (κ1) is 28.2. The van der Waals surface area contributed by atoms with Gasteiger partial charge in [0.25, 0.3) is 0 Å². The van der Waals surface area contributed by atoms with Crippen LogP contribution >= 0.6 is 12.4 Å². The van der Waals surface area contributed by atoms with Gasteiger partial charge in [-0.3, -0.25) is 4.79 Å². The summed E-state index contributed by atoms with van der Waals surface area (Å²) < 4.78 is 5.26. The smallest absolute Gasteiger partial charge is 0.319 e. The van der Waals surface area contributed by atoms with Crippen molar-refractivity contribution in [1.29, 1.82) is 0 Å². The van der Waals surface area contributed by atoms with E-state index in [1.807, 2.05) is 36.0 Å².